The van der Waals surface area contributed by atoms with E-state index >= 15 is 0 Å². The summed E-state index contributed by atoms with van der Waals surface area (Å²) in [5, 5.41) is 0.856. The Labute approximate surface area is 155 Å². The van der Waals surface area contributed by atoms with Crippen LogP contribution in [0.2, 0.25) is 0 Å². The van der Waals surface area contributed by atoms with Gasteiger partial charge >= 0.3 is 0 Å². The van der Waals surface area contributed by atoms with Crippen LogP contribution in [0.25, 0.3) is 16.6 Å². The molecule has 27 heavy (non-hydrogen) atoms. The summed E-state index contributed by atoms with van der Waals surface area (Å²) in [4.78, 5) is 27.6. The summed E-state index contributed by atoms with van der Waals surface area (Å²) >= 11 is 0. The van der Waals surface area contributed by atoms with Crippen molar-refractivity contribution < 1.29 is 9.53 Å². The van der Waals surface area contributed by atoms with E-state index in [9.17, 15) is 9.59 Å². The van der Waals surface area contributed by atoms with Gasteiger partial charge in [-0.3, -0.25) is 14.2 Å². The molecule has 0 spiro atoms. The van der Waals surface area contributed by atoms with Gasteiger partial charge in [-0.1, -0.05) is 36.4 Å². The SMILES string of the molecule is O=Cc1ccc2cc(-n3ccc(OCc4ccccc4)cc3=O)ccc2n1. The van der Waals surface area contributed by atoms with E-state index in [0.29, 0.717) is 29.9 Å². The van der Waals surface area contributed by atoms with Gasteiger partial charge in [-0.2, -0.15) is 0 Å². The molecule has 2 aromatic carbocycles. The first-order chi connectivity index (χ1) is 13.2. The molecule has 0 saturated carbocycles. The highest BCUT2D eigenvalue weighted by Gasteiger charge is 2.05. The van der Waals surface area contributed by atoms with Crippen molar-refractivity contribution in [2.45, 2.75) is 6.61 Å². The zero-order valence-electron chi connectivity index (χ0n) is 14.4. The summed E-state index contributed by atoms with van der Waals surface area (Å²) in [6.45, 7) is 0.408. The minimum Gasteiger partial charge on any atom is -0.489 e. The van der Waals surface area contributed by atoms with Gasteiger partial charge in [0.05, 0.1) is 5.52 Å². The number of nitrogens with zero attached hydrogens (tertiary/aromatic N) is 2. The second-order valence-electron chi connectivity index (χ2n) is 6.08. The number of carbonyl (C=O) groups is 1. The lowest BCUT2D eigenvalue weighted by atomic mass is 10.2. The molecule has 0 N–H and O–H groups in total. The lowest BCUT2D eigenvalue weighted by Crippen LogP contribution is -2.16. The van der Waals surface area contributed by atoms with Gasteiger partial charge < -0.3 is 4.74 Å². The number of aldehydes is 1. The Morgan fingerprint density at radius 1 is 0.963 bits per heavy atom. The number of fused-ring (bicyclic) bond motifs is 1. The molecule has 0 aliphatic rings. The van der Waals surface area contributed by atoms with E-state index < -0.39 is 0 Å². The van der Waals surface area contributed by atoms with E-state index in [2.05, 4.69) is 4.98 Å². The smallest absolute Gasteiger partial charge is 0.258 e. The molecule has 0 fully saturated rings. The Balaban J connectivity index is 1.59. The number of aromatic nitrogens is 2. The molecule has 0 aliphatic heterocycles. The van der Waals surface area contributed by atoms with Crippen LogP contribution in [-0.4, -0.2) is 15.8 Å². The van der Waals surface area contributed by atoms with Gasteiger partial charge in [-0.25, -0.2) is 4.98 Å². The van der Waals surface area contributed by atoms with E-state index in [-0.39, 0.29) is 5.56 Å². The minimum absolute atomic E-state index is 0.183. The van der Waals surface area contributed by atoms with Gasteiger partial charge in [-0.15, -0.1) is 0 Å². The molecule has 0 bridgehead atoms. The van der Waals surface area contributed by atoms with Crippen LogP contribution < -0.4 is 10.3 Å². The summed E-state index contributed by atoms with van der Waals surface area (Å²) in [5.74, 6) is 0.526. The zero-order valence-corrected chi connectivity index (χ0v) is 14.4. The second-order valence-corrected chi connectivity index (χ2v) is 6.08. The number of carbonyl (C=O) groups excluding carboxylic acids is 1. The van der Waals surface area contributed by atoms with Crippen LogP contribution >= 0.6 is 0 Å². The first-order valence-corrected chi connectivity index (χ1v) is 8.49. The predicted molar refractivity (Wildman–Crippen MR) is 104 cm³/mol. The molecular formula is C22H16N2O3. The highest BCUT2D eigenvalue weighted by atomic mass is 16.5. The first-order valence-electron chi connectivity index (χ1n) is 8.49. The lowest BCUT2D eigenvalue weighted by molar-refractivity contribution is 0.111. The quantitative estimate of drug-likeness (QED) is 0.511. The molecule has 0 amide bonds. The van der Waals surface area contributed by atoms with Gasteiger partial charge in [0.1, 0.15) is 18.1 Å². The van der Waals surface area contributed by atoms with Crippen LogP contribution in [0.4, 0.5) is 0 Å². The Morgan fingerprint density at radius 3 is 2.59 bits per heavy atom. The normalized spacial score (nSPS) is 10.7. The molecule has 0 atom stereocenters. The third-order valence-electron chi connectivity index (χ3n) is 4.23. The van der Waals surface area contributed by atoms with Gasteiger partial charge in [0.15, 0.2) is 6.29 Å². The number of hydrogen-bond acceptors (Lipinski definition) is 4. The molecule has 0 saturated heterocycles. The lowest BCUT2D eigenvalue weighted by Gasteiger charge is -2.10. The second kappa shape index (κ2) is 7.25. The number of pyridine rings is 2. The number of ether oxygens (including phenoxy) is 1. The molecule has 2 aromatic heterocycles. The monoisotopic (exact) mass is 356 g/mol. The summed E-state index contributed by atoms with van der Waals surface area (Å²) in [7, 11) is 0. The van der Waals surface area contributed by atoms with Crippen LogP contribution in [0, 0.1) is 0 Å². The molecule has 0 aliphatic carbocycles. The molecule has 4 aromatic rings. The Bertz CT molecular complexity index is 1170. The summed E-state index contributed by atoms with van der Waals surface area (Å²) < 4.78 is 7.25. The van der Waals surface area contributed by atoms with E-state index in [1.807, 2.05) is 42.5 Å². The molecule has 0 unspecified atom stereocenters. The Morgan fingerprint density at radius 2 is 1.81 bits per heavy atom. The van der Waals surface area contributed by atoms with Crippen LogP contribution in [0.1, 0.15) is 16.1 Å². The van der Waals surface area contributed by atoms with Gasteiger partial charge in [0, 0.05) is 23.3 Å². The van der Waals surface area contributed by atoms with Crippen molar-refractivity contribution in [1.29, 1.82) is 0 Å². The fourth-order valence-corrected chi connectivity index (χ4v) is 2.85. The highest BCUT2D eigenvalue weighted by molar-refractivity contribution is 5.84. The molecular weight excluding hydrogens is 340 g/mol. The van der Waals surface area contributed by atoms with Crippen LogP contribution in [0.5, 0.6) is 5.75 Å². The van der Waals surface area contributed by atoms with Gasteiger partial charge in [0.25, 0.3) is 5.56 Å². The zero-order chi connectivity index (χ0) is 18.6. The van der Waals surface area contributed by atoms with Crippen molar-refractivity contribution in [2.24, 2.45) is 0 Å². The fourth-order valence-electron chi connectivity index (χ4n) is 2.85. The molecule has 4 rings (SSSR count). The van der Waals surface area contributed by atoms with E-state index in [0.717, 1.165) is 16.6 Å². The number of hydrogen-bond donors (Lipinski definition) is 0. The standard InChI is InChI=1S/C22H16N2O3/c25-14-18-7-6-17-12-19(8-9-21(17)23-18)24-11-10-20(13-22(24)26)27-15-16-4-2-1-3-5-16/h1-14H,15H2. The molecule has 5 nitrogen and oxygen atoms in total. The van der Waals surface area contributed by atoms with Crippen LogP contribution in [0.15, 0.2) is 83.8 Å². The van der Waals surface area contributed by atoms with E-state index in [4.69, 9.17) is 4.74 Å². The van der Waals surface area contributed by atoms with Crippen molar-refractivity contribution in [3.8, 4) is 11.4 Å². The predicted octanol–water partition coefficient (Wildman–Crippen LogP) is 3.78. The van der Waals surface area contributed by atoms with Gasteiger partial charge in [0.2, 0.25) is 0 Å². The van der Waals surface area contributed by atoms with Crippen molar-refractivity contribution in [3.05, 3.63) is 101 Å². The Hall–Kier alpha value is -3.73. The van der Waals surface area contributed by atoms with Crippen molar-refractivity contribution in [3.63, 3.8) is 0 Å². The molecule has 132 valence electrons. The van der Waals surface area contributed by atoms with Gasteiger partial charge in [-0.05, 0) is 35.9 Å². The van der Waals surface area contributed by atoms with E-state index in [1.165, 1.54) is 6.07 Å². The van der Waals surface area contributed by atoms with Crippen molar-refractivity contribution in [1.82, 2.24) is 9.55 Å². The van der Waals surface area contributed by atoms with Crippen molar-refractivity contribution in [2.75, 3.05) is 0 Å². The molecule has 0 radical (unpaired) electrons. The minimum atomic E-state index is -0.183. The third-order valence-corrected chi connectivity index (χ3v) is 4.23. The topological polar surface area (TPSA) is 61.2 Å². The number of rotatable bonds is 5. The largest absolute Gasteiger partial charge is 0.489 e. The van der Waals surface area contributed by atoms with Crippen LogP contribution in [0.3, 0.4) is 0 Å². The summed E-state index contributed by atoms with van der Waals surface area (Å²) in [5.41, 5.74) is 2.67. The van der Waals surface area contributed by atoms with E-state index in [1.54, 1.807) is 35.0 Å². The summed E-state index contributed by atoms with van der Waals surface area (Å²) in [6.07, 6.45) is 2.41. The van der Waals surface area contributed by atoms with Crippen molar-refractivity contribution >= 4 is 17.2 Å². The number of benzene rings is 2. The third kappa shape index (κ3) is 3.62. The highest BCUT2D eigenvalue weighted by Crippen LogP contribution is 2.18. The molecule has 5 heteroatoms. The maximum absolute atomic E-state index is 12.5. The van der Waals surface area contributed by atoms with Crippen LogP contribution in [-0.2, 0) is 6.61 Å². The molecule has 2 heterocycles. The first kappa shape index (κ1) is 16.7. The maximum atomic E-state index is 12.5. The summed E-state index contributed by atoms with van der Waals surface area (Å²) in [6, 6.07) is 22.0. The Kier molecular flexibility index (Phi) is 4.49. The average molecular weight is 356 g/mol. The average Bonchev–Trinajstić information content (AvgIpc) is 2.72. The maximum Gasteiger partial charge on any atom is 0.258 e. The fraction of sp³-hybridized carbons (Fsp3) is 0.0455.